The Kier molecular flexibility index (Phi) is 4.56. The Bertz CT molecular complexity index is 553. The number of aryl methyl sites for hydroxylation is 2. The van der Waals surface area contributed by atoms with Crippen molar-refractivity contribution in [1.29, 1.82) is 0 Å². The molecule has 0 amide bonds. The molecular weight excluding hydrogens is 265 g/mol. The molecular formula is C14H17ClFN3. The van der Waals surface area contributed by atoms with Crippen LogP contribution in [0.5, 0.6) is 0 Å². The minimum Gasteiger partial charge on any atom is -0.338 e. The van der Waals surface area contributed by atoms with Gasteiger partial charge in [0.1, 0.15) is 11.6 Å². The lowest BCUT2D eigenvalue weighted by Crippen LogP contribution is -2.18. The smallest absolute Gasteiger partial charge is 0.124 e. The molecule has 0 radical (unpaired) electrons. The number of hydrogen-bond acceptors (Lipinski definition) is 2. The number of nitrogens with one attached hydrogen (secondary N) is 1. The van der Waals surface area contributed by atoms with E-state index in [9.17, 15) is 4.39 Å². The van der Waals surface area contributed by atoms with Gasteiger partial charge in [0.25, 0.3) is 0 Å². The fraction of sp³-hybridized carbons (Fsp3) is 0.357. The van der Waals surface area contributed by atoms with Crippen LogP contribution in [0.2, 0.25) is 5.02 Å². The normalized spacial score (nSPS) is 12.6. The summed E-state index contributed by atoms with van der Waals surface area (Å²) >= 11 is 6.09. The third-order valence-corrected chi connectivity index (χ3v) is 3.59. The van der Waals surface area contributed by atoms with E-state index in [1.165, 1.54) is 12.1 Å². The molecule has 2 aromatic rings. The SMILES string of the molecule is CNC(CCc1nccn1C)c1ccc(F)cc1Cl. The summed E-state index contributed by atoms with van der Waals surface area (Å²) in [4.78, 5) is 4.29. The van der Waals surface area contributed by atoms with Gasteiger partial charge in [-0.15, -0.1) is 0 Å². The Morgan fingerprint density at radius 1 is 1.47 bits per heavy atom. The molecule has 0 saturated heterocycles. The van der Waals surface area contributed by atoms with Gasteiger partial charge in [0.2, 0.25) is 0 Å². The molecule has 1 aromatic heterocycles. The maximum Gasteiger partial charge on any atom is 0.124 e. The number of aromatic nitrogens is 2. The summed E-state index contributed by atoms with van der Waals surface area (Å²) < 4.78 is 15.1. The topological polar surface area (TPSA) is 29.9 Å². The molecule has 102 valence electrons. The lowest BCUT2D eigenvalue weighted by atomic mass is 10.0. The molecule has 3 nitrogen and oxygen atoms in total. The zero-order chi connectivity index (χ0) is 13.8. The Morgan fingerprint density at radius 2 is 2.26 bits per heavy atom. The molecule has 0 aliphatic rings. The fourth-order valence-electron chi connectivity index (χ4n) is 2.15. The Balaban J connectivity index is 2.10. The molecule has 0 fully saturated rings. The van der Waals surface area contributed by atoms with Gasteiger partial charge in [0.15, 0.2) is 0 Å². The second kappa shape index (κ2) is 6.17. The third-order valence-electron chi connectivity index (χ3n) is 3.26. The van der Waals surface area contributed by atoms with Crippen LogP contribution < -0.4 is 5.32 Å². The maximum absolute atomic E-state index is 13.1. The number of halogens is 2. The summed E-state index contributed by atoms with van der Waals surface area (Å²) in [6, 6.07) is 4.61. The first-order valence-corrected chi connectivity index (χ1v) is 6.58. The average Bonchev–Trinajstić information content (AvgIpc) is 2.78. The summed E-state index contributed by atoms with van der Waals surface area (Å²) in [5, 5.41) is 3.67. The molecule has 1 atom stereocenters. The minimum atomic E-state index is -0.312. The predicted molar refractivity (Wildman–Crippen MR) is 74.7 cm³/mol. The average molecular weight is 282 g/mol. The van der Waals surface area contributed by atoms with Crippen LogP contribution in [-0.2, 0) is 13.5 Å². The van der Waals surface area contributed by atoms with Crippen LogP contribution in [0.25, 0.3) is 0 Å². The van der Waals surface area contributed by atoms with Gasteiger partial charge in [0.05, 0.1) is 0 Å². The summed E-state index contributed by atoms with van der Waals surface area (Å²) in [6.45, 7) is 0. The zero-order valence-corrected chi connectivity index (χ0v) is 11.8. The first kappa shape index (κ1) is 14.0. The molecule has 5 heteroatoms. The molecule has 1 N–H and O–H groups in total. The van der Waals surface area contributed by atoms with Gasteiger partial charge in [-0.1, -0.05) is 17.7 Å². The number of benzene rings is 1. The zero-order valence-electron chi connectivity index (χ0n) is 11.0. The van der Waals surface area contributed by atoms with E-state index in [0.29, 0.717) is 5.02 Å². The number of imidazole rings is 1. The van der Waals surface area contributed by atoms with Crippen LogP contribution >= 0.6 is 11.6 Å². The van der Waals surface area contributed by atoms with Crippen molar-refractivity contribution in [3.8, 4) is 0 Å². The Hall–Kier alpha value is -1.39. The van der Waals surface area contributed by atoms with Crippen molar-refractivity contribution < 1.29 is 4.39 Å². The second-order valence-electron chi connectivity index (χ2n) is 4.50. The molecule has 0 aliphatic carbocycles. The van der Waals surface area contributed by atoms with Crippen molar-refractivity contribution in [2.75, 3.05) is 7.05 Å². The van der Waals surface area contributed by atoms with Gasteiger partial charge in [0, 0.05) is 36.9 Å². The fourth-order valence-corrected chi connectivity index (χ4v) is 2.45. The van der Waals surface area contributed by atoms with E-state index >= 15 is 0 Å². The van der Waals surface area contributed by atoms with E-state index in [2.05, 4.69) is 10.3 Å². The van der Waals surface area contributed by atoms with E-state index in [4.69, 9.17) is 11.6 Å². The van der Waals surface area contributed by atoms with Crippen LogP contribution in [0.1, 0.15) is 23.9 Å². The quantitative estimate of drug-likeness (QED) is 0.913. The van der Waals surface area contributed by atoms with Crippen molar-refractivity contribution in [3.05, 3.63) is 52.8 Å². The van der Waals surface area contributed by atoms with E-state index < -0.39 is 0 Å². The molecule has 0 bridgehead atoms. The summed E-state index contributed by atoms with van der Waals surface area (Å²) in [5.74, 6) is 0.714. The van der Waals surface area contributed by atoms with Crippen LogP contribution in [0.4, 0.5) is 4.39 Å². The van der Waals surface area contributed by atoms with Crippen LogP contribution in [-0.4, -0.2) is 16.6 Å². The summed E-state index contributed by atoms with van der Waals surface area (Å²) in [6.07, 6.45) is 5.40. The van der Waals surface area contributed by atoms with Crippen molar-refractivity contribution in [3.63, 3.8) is 0 Å². The van der Waals surface area contributed by atoms with E-state index in [1.54, 1.807) is 12.3 Å². The molecule has 1 unspecified atom stereocenters. The van der Waals surface area contributed by atoms with Crippen LogP contribution in [0.3, 0.4) is 0 Å². The van der Waals surface area contributed by atoms with E-state index in [-0.39, 0.29) is 11.9 Å². The monoisotopic (exact) mass is 281 g/mol. The van der Waals surface area contributed by atoms with Gasteiger partial charge in [-0.2, -0.15) is 0 Å². The summed E-state index contributed by atoms with van der Waals surface area (Å²) in [7, 11) is 3.85. The third kappa shape index (κ3) is 3.33. The van der Waals surface area contributed by atoms with Gasteiger partial charge in [-0.05, 0) is 31.2 Å². The lowest BCUT2D eigenvalue weighted by Gasteiger charge is -2.18. The Labute approximate surface area is 117 Å². The van der Waals surface area contributed by atoms with Gasteiger partial charge >= 0.3 is 0 Å². The largest absolute Gasteiger partial charge is 0.338 e. The van der Waals surface area contributed by atoms with E-state index in [1.807, 2.05) is 24.9 Å². The van der Waals surface area contributed by atoms with Crippen molar-refractivity contribution >= 4 is 11.6 Å². The number of nitrogens with zero attached hydrogens (tertiary/aromatic N) is 2. The van der Waals surface area contributed by atoms with Crippen molar-refractivity contribution in [1.82, 2.24) is 14.9 Å². The molecule has 0 spiro atoms. The standard InChI is InChI=1S/C14H17ClFN3/c1-17-13(5-6-14-18-7-8-19(14)2)11-4-3-10(16)9-12(11)15/h3-4,7-9,13,17H,5-6H2,1-2H3. The highest BCUT2D eigenvalue weighted by atomic mass is 35.5. The predicted octanol–water partition coefficient (Wildman–Crippen LogP) is 3.11. The van der Waals surface area contributed by atoms with Gasteiger partial charge < -0.3 is 9.88 Å². The molecule has 2 rings (SSSR count). The number of hydrogen-bond donors (Lipinski definition) is 1. The highest BCUT2D eigenvalue weighted by Gasteiger charge is 2.14. The lowest BCUT2D eigenvalue weighted by molar-refractivity contribution is 0.534. The highest BCUT2D eigenvalue weighted by Crippen LogP contribution is 2.26. The molecule has 0 saturated carbocycles. The van der Waals surface area contributed by atoms with Crippen LogP contribution in [0.15, 0.2) is 30.6 Å². The Morgan fingerprint density at radius 3 is 2.84 bits per heavy atom. The number of rotatable bonds is 5. The first-order valence-electron chi connectivity index (χ1n) is 6.20. The van der Waals surface area contributed by atoms with E-state index in [0.717, 1.165) is 24.2 Å². The minimum absolute atomic E-state index is 0.0878. The molecule has 0 aliphatic heterocycles. The molecule has 1 heterocycles. The van der Waals surface area contributed by atoms with Crippen molar-refractivity contribution in [2.45, 2.75) is 18.9 Å². The maximum atomic E-state index is 13.1. The molecule has 19 heavy (non-hydrogen) atoms. The van der Waals surface area contributed by atoms with Crippen molar-refractivity contribution in [2.24, 2.45) is 7.05 Å². The molecule has 1 aromatic carbocycles. The highest BCUT2D eigenvalue weighted by molar-refractivity contribution is 6.31. The van der Waals surface area contributed by atoms with Crippen LogP contribution in [0, 0.1) is 5.82 Å². The second-order valence-corrected chi connectivity index (χ2v) is 4.91. The van der Waals surface area contributed by atoms with Gasteiger partial charge in [-0.25, -0.2) is 9.37 Å². The summed E-state index contributed by atoms with van der Waals surface area (Å²) in [5.41, 5.74) is 0.916. The first-order chi connectivity index (χ1) is 9.11. The van der Waals surface area contributed by atoms with Gasteiger partial charge in [-0.3, -0.25) is 0 Å².